The van der Waals surface area contributed by atoms with Gasteiger partial charge in [0.25, 0.3) is 0 Å². The van der Waals surface area contributed by atoms with Gasteiger partial charge in [0.1, 0.15) is 5.75 Å². The van der Waals surface area contributed by atoms with E-state index in [4.69, 9.17) is 16.3 Å². The molecule has 3 aromatic rings. The fourth-order valence-electron chi connectivity index (χ4n) is 3.56. The van der Waals surface area contributed by atoms with E-state index < -0.39 is 10.0 Å². The first kappa shape index (κ1) is 19.8. The number of nitrogens with one attached hydrogen (secondary N) is 1. The van der Waals surface area contributed by atoms with Crippen molar-refractivity contribution in [1.82, 2.24) is 24.9 Å². The van der Waals surface area contributed by atoms with E-state index in [2.05, 4.69) is 20.6 Å². The van der Waals surface area contributed by atoms with E-state index in [0.717, 1.165) is 24.2 Å². The zero-order valence-corrected chi connectivity index (χ0v) is 17.3. The summed E-state index contributed by atoms with van der Waals surface area (Å²) in [6.07, 6.45) is 1.56. The van der Waals surface area contributed by atoms with Gasteiger partial charge in [-0.2, -0.15) is 9.52 Å². The highest BCUT2D eigenvalue weighted by Crippen LogP contribution is 2.38. The van der Waals surface area contributed by atoms with Crippen LogP contribution in [-0.4, -0.2) is 46.5 Å². The minimum atomic E-state index is -3.73. The van der Waals surface area contributed by atoms with Crippen LogP contribution in [0.4, 0.5) is 0 Å². The standard InChI is InChI=1S/C19H20ClN5O3S/c1-2-28-14-7-5-13(6-8-14)18-4-3-11-25(18)29(26,27)15-9-10-17(20)16(12-15)19-21-23-24-22-19/h5-10,12,18H,2-4,11H2,1H3,(H,21,22,23,24)/t18-/m1/s1. The van der Waals surface area contributed by atoms with Crippen molar-refractivity contribution in [2.45, 2.75) is 30.7 Å². The lowest BCUT2D eigenvalue weighted by Gasteiger charge is -2.25. The van der Waals surface area contributed by atoms with Gasteiger partial charge in [-0.1, -0.05) is 23.7 Å². The SMILES string of the molecule is CCOc1ccc([C@H]2CCCN2S(=O)(=O)c2ccc(Cl)c(-c3nn[nH]n3)c2)cc1. The summed E-state index contributed by atoms with van der Waals surface area (Å²) in [5.74, 6) is 1.02. The van der Waals surface area contributed by atoms with Crippen LogP contribution in [0.1, 0.15) is 31.4 Å². The smallest absolute Gasteiger partial charge is 0.243 e. The number of hydrogen-bond acceptors (Lipinski definition) is 6. The predicted octanol–water partition coefficient (Wildman–Crippen LogP) is 3.44. The van der Waals surface area contributed by atoms with Crippen LogP contribution in [0.2, 0.25) is 5.02 Å². The zero-order valence-electron chi connectivity index (χ0n) is 15.7. The van der Waals surface area contributed by atoms with Gasteiger partial charge in [-0.25, -0.2) is 8.42 Å². The summed E-state index contributed by atoms with van der Waals surface area (Å²) >= 11 is 6.22. The van der Waals surface area contributed by atoms with Gasteiger partial charge >= 0.3 is 0 Å². The van der Waals surface area contributed by atoms with Gasteiger partial charge in [0, 0.05) is 12.1 Å². The van der Waals surface area contributed by atoms with Crippen LogP contribution in [0.3, 0.4) is 0 Å². The van der Waals surface area contributed by atoms with Gasteiger partial charge in [-0.3, -0.25) is 0 Å². The Hall–Kier alpha value is -2.49. The molecule has 2 aromatic carbocycles. The third-order valence-electron chi connectivity index (χ3n) is 4.91. The maximum absolute atomic E-state index is 13.4. The second kappa shape index (κ2) is 8.10. The number of H-pyrrole nitrogens is 1. The third kappa shape index (κ3) is 3.85. The van der Waals surface area contributed by atoms with Crippen molar-refractivity contribution in [2.75, 3.05) is 13.2 Å². The van der Waals surface area contributed by atoms with Crippen LogP contribution in [0, 0.1) is 0 Å². The Kier molecular flexibility index (Phi) is 5.53. The van der Waals surface area contributed by atoms with Gasteiger partial charge < -0.3 is 4.74 Å². The molecule has 1 N–H and O–H groups in total. The van der Waals surface area contributed by atoms with Crippen LogP contribution in [0.15, 0.2) is 47.4 Å². The lowest BCUT2D eigenvalue weighted by molar-refractivity contribution is 0.339. The molecular weight excluding hydrogens is 414 g/mol. The molecule has 0 bridgehead atoms. The maximum Gasteiger partial charge on any atom is 0.243 e. The highest BCUT2D eigenvalue weighted by molar-refractivity contribution is 7.89. The largest absolute Gasteiger partial charge is 0.494 e. The molecule has 10 heteroatoms. The lowest BCUT2D eigenvalue weighted by atomic mass is 10.1. The van der Waals surface area contributed by atoms with E-state index in [0.29, 0.717) is 23.7 Å². The van der Waals surface area contributed by atoms with Crippen LogP contribution < -0.4 is 4.74 Å². The van der Waals surface area contributed by atoms with Gasteiger partial charge in [-0.05, 0) is 60.9 Å². The average Bonchev–Trinajstić information content (AvgIpc) is 3.41. The van der Waals surface area contributed by atoms with Gasteiger partial charge in [0.15, 0.2) is 0 Å². The lowest BCUT2D eigenvalue weighted by Crippen LogP contribution is -2.30. The van der Waals surface area contributed by atoms with Crippen molar-refractivity contribution in [1.29, 1.82) is 0 Å². The van der Waals surface area contributed by atoms with E-state index in [9.17, 15) is 8.42 Å². The molecule has 152 valence electrons. The molecule has 8 nitrogen and oxygen atoms in total. The first-order valence-corrected chi connectivity index (χ1v) is 11.1. The third-order valence-corrected chi connectivity index (χ3v) is 7.14. The summed E-state index contributed by atoms with van der Waals surface area (Å²) in [6, 6.07) is 11.9. The summed E-state index contributed by atoms with van der Waals surface area (Å²) in [4.78, 5) is 0.152. The van der Waals surface area contributed by atoms with Crippen LogP contribution >= 0.6 is 11.6 Å². The zero-order chi connectivity index (χ0) is 20.4. The van der Waals surface area contributed by atoms with E-state index in [1.54, 1.807) is 10.4 Å². The Balaban J connectivity index is 1.67. The number of aromatic nitrogens is 4. The highest BCUT2D eigenvalue weighted by Gasteiger charge is 2.36. The number of tetrazole rings is 1. The molecule has 29 heavy (non-hydrogen) atoms. The van der Waals surface area contributed by atoms with Gasteiger partial charge in [0.05, 0.1) is 22.6 Å². The second-order valence-corrected chi connectivity index (χ2v) is 8.95. The molecule has 2 heterocycles. The first-order chi connectivity index (χ1) is 14.0. The molecule has 0 radical (unpaired) electrons. The molecule has 1 aliphatic heterocycles. The Bertz CT molecular complexity index is 1090. The Morgan fingerprint density at radius 2 is 2.03 bits per heavy atom. The molecule has 0 aliphatic carbocycles. The van der Waals surface area contributed by atoms with Crippen molar-refractivity contribution in [3.63, 3.8) is 0 Å². The van der Waals surface area contributed by atoms with E-state index in [1.807, 2.05) is 31.2 Å². The Morgan fingerprint density at radius 3 is 2.72 bits per heavy atom. The van der Waals surface area contributed by atoms with Crippen molar-refractivity contribution in [2.24, 2.45) is 0 Å². The number of aromatic amines is 1. The number of halogens is 1. The number of ether oxygens (including phenoxy) is 1. The average molecular weight is 434 g/mol. The van der Waals surface area contributed by atoms with Crippen molar-refractivity contribution in [3.05, 3.63) is 53.1 Å². The molecule has 4 rings (SSSR count). The maximum atomic E-state index is 13.4. The summed E-state index contributed by atoms with van der Waals surface area (Å²) < 4.78 is 33.9. The Morgan fingerprint density at radius 1 is 1.24 bits per heavy atom. The molecule has 0 unspecified atom stereocenters. The molecule has 0 amide bonds. The minimum Gasteiger partial charge on any atom is -0.494 e. The molecule has 1 atom stereocenters. The van der Waals surface area contributed by atoms with Crippen LogP contribution in [0.25, 0.3) is 11.4 Å². The molecule has 0 spiro atoms. The van der Waals surface area contributed by atoms with Gasteiger partial charge in [-0.15, -0.1) is 10.2 Å². The molecule has 1 aliphatic rings. The first-order valence-electron chi connectivity index (χ1n) is 9.28. The summed E-state index contributed by atoms with van der Waals surface area (Å²) in [5, 5.41) is 14.0. The summed E-state index contributed by atoms with van der Waals surface area (Å²) in [5.41, 5.74) is 1.36. The van der Waals surface area contributed by atoms with Crippen LogP contribution in [0.5, 0.6) is 5.75 Å². The fourth-order valence-corrected chi connectivity index (χ4v) is 5.47. The quantitative estimate of drug-likeness (QED) is 0.638. The number of hydrogen-bond donors (Lipinski definition) is 1. The summed E-state index contributed by atoms with van der Waals surface area (Å²) in [7, 11) is -3.73. The van der Waals surface area contributed by atoms with E-state index >= 15 is 0 Å². The second-order valence-electron chi connectivity index (χ2n) is 6.65. The van der Waals surface area contributed by atoms with Crippen molar-refractivity contribution >= 4 is 21.6 Å². The monoisotopic (exact) mass is 433 g/mol. The molecular formula is C19H20ClN5O3S. The number of sulfonamides is 1. The Labute approximate surface area is 173 Å². The molecule has 1 aromatic heterocycles. The number of rotatable bonds is 6. The van der Waals surface area contributed by atoms with Crippen molar-refractivity contribution < 1.29 is 13.2 Å². The summed E-state index contributed by atoms with van der Waals surface area (Å²) in [6.45, 7) is 2.97. The highest BCUT2D eigenvalue weighted by atomic mass is 35.5. The van der Waals surface area contributed by atoms with E-state index in [-0.39, 0.29) is 16.8 Å². The van der Waals surface area contributed by atoms with E-state index in [1.165, 1.54) is 12.1 Å². The normalized spacial score (nSPS) is 17.5. The predicted molar refractivity (Wildman–Crippen MR) is 108 cm³/mol. The molecule has 1 fully saturated rings. The van der Waals surface area contributed by atoms with Crippen LogP contribution in [-0.2, 0) is 10.0 Å². The fraction of sp³-hybridized carbons (Fsp3) is 0.316. The van der Waals surface area contributed by atoms with Gasteiger partial charge in [0.2, 0.25) is 15.8 Å². The minimum absolute atomic E-state index is 0.152. The van der Waals surface area contributed by atoms with Crippen molar-refractivity contribution in [3.8, 4) is 17.1 Å². The topological polar surface area (TPSA) is 101 Å². The number of nitrogens with zero attached hydrogens (tertiary/aromatic N) is 4. The molecule has 1 saturated heterocycles. The number of benzene rings is 2. The molecule has 0 saturated carbocycles.